The Bertz CT molecular complexity index is 641. The van der Waals surface area contributed by atoms with Crippen LogP contribution < -0.4 is 14.8 Å². The molecule has 1 N–H and O–H groups in total. The summed E-state index contributed by atoms with van der Waals surface area (Å²) < 4.78 is 10.7. The number of carbonyl (C=O) groups is 1. The molecular formula is C16H15NO3. The highest BCUT2D eigenvalue weighted by atomic mass is 16.7. The molecule has 102 valence electrons. The highest BCUT2D eigenvalue weighted by molar-refractivity contribution is 5.92. The van der Waals surface area contributed by atoms with E-state index in [1.54, 1.807) is 0 Å². The fourth-order valence-corrected chi connectivity index (χ4v) is 2.77. The molecule has 20 heavy (non-hydrogen) atoms. The number of hydrogen-bond acceptors (Lipinski definition) is 3. The van der Waals surface area contributed by atoms with Gasteiger partial charge in [-0.2, -0.15) is 0 Å². The molecule has 1 aliphatic heterocycles. The maximum Gasteiger partial charge on any atom is 0.234 e. The van der Waals surface area contributed by atoms with Crippen LogP contribution in [0.4, 0.5) is 0 Å². The number of hydrogen-bond donors (Lipinski definition) is 1. The molecule has 1 aromatic rings. The third kappa shape index (κ3) is 1.72. The molecule has 1 saturated carbocycles. The van der Waals surface area contributed by atoms with Gasteiger partial charge in [-0.25, -0.2) is 0 Å². The van der Waals surface area contributed by atoms with E-state index in [1.807, 2.05) is 36.4 Å². The molecule has 0 radical (unpaired) electrons. The predicted octanol–water partition coefficient (Wildman–Crippen LogP) is 2.41. The van der Waals surface area contributed by atoms with Crippen LogP contribution in [-0.2, 0) is 10.2 Å². The second kappa shape index (κ2) is 4.13. The van der Waals surface area contributed by atoms with Crippen molar-refractivity contribution >= 4 is 5.91 Å². The van der Waals surface area contributed by atoms with Crippen molar-refractivity contribution in [1.29, 1.82) is 0 Å². The van der Waals surface area contributed by atoms with Crippen molar-refractivity contribution in [1.82, 2.24) is 5.32 Å². The lowest BCUT2D eigenvalue weighted by Crippen LogP contribution is -2.33. The zero-order chi connectivity index (χ0) is 13.6. The summed E-state index contributed by atoms with van der Waals surface area (Å²) in [4.78, 5) is 12.5. The second-order valence-corrected chi connectivity index (χ2v) is 5.43. The molecule has 1 aromatic carbocycles. The van der Waals surface area contributed by atoms with Gasteiger partial charge in [-0.05, 0) is 36.6 Å². The van der Waals surface area contributed by atoms with Crippen molar-refractivity contribution in [3.8, 4) is 11.5 Å². The summed E-state index contributed by atoms with van der Waals surface area (Å²) in [5.41, 5.74) is 1.61. The number of amides is 1. The van der Waals surface area contributed by atoms with Gasteiger partial charge in [-0.1, -0.05) is 18.2 Å². The van der Waals surface area contributed by atoms with Gasteiger partial charge >= 0.3 is 0 Å². The number of ether oxygens (including phenoxy) is 2. The number of benzene rings is 1. The molecule has 4 heteroatoms. The van der Waals surface area contributed by atoms with Crippen LogP contribution in [0.5, 0.6) is 11.5 Å². The molecule has 0 atom stereocenters. The summed E-state index contributed by atoms with van der Waals surface area (Å²) >= 11 is 0. The van der Waals surface area contributed by atoms with Crippen molar-refractivity contribution < 1.29 is 14.3 Å². The SMILES string of the molecule is O=C(NC1=CC=CC1)C1(c2ccc3c(c2)OCO3)CC1. The van der Waals surface area contributed by atoms with Gasteiger partial charge in [0.2, 0.25) is 12.7 Å². The summed E-state index contributed by atoms with van der Waals surface area (Å²) in [6.07, 6.45) is 8.54. The van der Waals surface area contributed by atoms with Crippen LogP contribution in [0.2, 0.25) is 0 Å². The van der Waals surface area contributed by atoms with Crippen LogP contribution in [0, 0.1) is 0 Å². The van der Waals surface area contributed by atoms with E-state index >= 15 is 0 Å². The molecule has 0 unspecified atom stereocenters. The van der Waals surface area contributed by atoms with Gasteiger partial charge < -0.3 is 14.8 Å². The standard InChI is InChI=1S/C16H15NO3/c18-15(17-12-3-1-2-4-12)16(7-8-16)11-5-6-13-14(9-11)20-10-19-13/h1-3,5-6,9H,4,7-8,10H2,(H,17,18). The Kier molecular flexibility index (Phi) is 2.39. The summed E-state index contributed by atoms with van der Waals surface area (Å²) in [6, 6.07) is 5.80. The monoisotopic (exact) mass is 269 g/mol. The van der Waals surface area contributed by atoms with Crippen LogP contribution in [0.3, 0.4) is 0 Å². The van der Waals surface area contributed by atoms with E-state index in [9.17, 15) is 4.79 Å². The molecule has 0 saturated heterocycles. The zero-order valence-electron chi connectivity index (χ0n) is 11.0. The van der Waals surface area contributed by atoms with Crippen LogP contribution in [0.25, 0.3) is 0 Å². The van der Waals surface area contributed by atoms with Gasteiger partial charge in [0.1, 0.15) is 0 Å². The van der Waals surface area contributed by atoms with E-state index < -0.39 is 0 Å². The highest BCUT2D eigenvalue weighted by Gasteiger charge is 2.51. The quantitative estimate of drug-likeness (QED) is 0.916. The van der Waals surface area contributed by atoms with Gasteiger partial charge in [0.15, 0.2) is 11.5 Å². The smallest absolute Gasteiger partial charge is 0.234 e. The molecular weight excluding hydrogens is 254 g/mol. The fraction of sp³-hybridized carbons (Fsp3) is 0.312. The summed E-state index contributed by atoms with van der Waals surface area (Å²) in [5.74, 6) is 1.59. The lowest BCUT2D eigenvalue weighted by molar-refractivity contribution is -0.122. The molecule has 0 spiro atoms. The Morgan fingerprint density at radius 1 is 1.20 bits per heavy atom. The molecule has 1 amide bonds. The first-order chi connectivity index (χ1) is 9.78. The second-order valence-electron chi connectivity index (χ2n) is 5.43. The first-order valence-electron chi connectivity index (χ1n) is 6.85. The molecule has 2 aliphatic carbocycles. The third-order valence-electron chi connectivity index (χ3n) is 4.16. The average molecular weight is 269 g/mol. The summed E-state index contributed by atoms with van der Waals surface area (Å²) in [5, 5.41) is 3.04. The van der Waals surface area contributed by atoms with E-state index in [1.165, 1.54) is 0 Å². The molecule has 0 aromatic heterocycles. The first kappa shape index (κ1) is 11.6. The molecule has 3 aliphatic rings. The first-order valence-corrected chi connectivity index (χ1v) is 6.85. The number of nitrogens with one attached hydrogen (secondary N) is 1. The Hall–Kier alpha value is -2.23. The van der Waals surface area contributed by atoms with E-state index in [4.69, 9.17) is 9.47 Å². The fourth-order valence-electron chi connectivity index (χ4n) is 2.77. The highest BCUT2D eigenvalue weighted by Crippen LogP contribution is 2.50. The van der Waals surface area contributed by atoms with Gasteiger partial charge in [0, 0.05) is 12.1 Å². The summed E-state index contributed by atoms with van der Waals surface area (Å²) in [6.45, 7) is 0.260. The van der Waals surface area contributed by atoms with Crippen molar-refractivity contribution in [3.05, 3.63) is 47.7 Å². The lowest BCUT2D eigenvalue weighted by atomic mass is 9.94. The van der Waals surface area contributed by atoms with E-state index in [2.05, 4.69) is 5.32 Å². The van der Waals surface area contributed by atoms with E-state index in [0.29, 0.717) is 0 Å². The third-order valence-corrected chi connectivity index (χ3v) is 4.16. The molecule has 0 bridgehead atoms. The maximum absolute atomic E-state index is 12.5. The minimum absolute atomic E-state index is 0.0892. The van der Waals surface area contributed by atoms with Gasteiger partial charge in [-0.15, -0.1) is 0 Å². The normalized spacial score (nSPS) is 20.7. The topological polar surface area (TPSA) is 47.6 Å². The lowest BCUT2D eigenvalue weighted by Gasteiger charge is -2.16. The van der Waals surface area contributed by atoms with Crippen molar-refractivity contribution in [2.24, 2.45) is 0 Å². The summed E-state index contributed by atoms with van der Waals surface area (Å²) in [7, 11) is 0. The van der Waals surface area contributed by atoms with Gasteiger partial charge in [-0.3, -0.25) is 4.79 Å². The van der Waals surface area contributed by atoms with Crippen molar-refractivity contribution in [3.63, 3.8) is 0 Å². The molecule has 1 heterocycles. The Labute approximate surface area is 117 Å². The average Bonchev–Trinajstić information content (AvgIpc) is 2.89. The van der Waals surface area contributed by atoms with Crippen LogP contribution in [0.1, 0.15) is 24.8 Å². The Balaban J connectivity index is 1.59. The van der Waals surface area contributed by atoms with Gasteiger partial charge in [0.25, 0.3) is 0 Å². The molecule has 4 nitrogen and oxygen atoms in total. The predicted molar refractivity (Wildman–Crippen MR) is 73.5 cm³/mol. The largest absolute Gasteiger partial charge is 0.454 e. The Morgan fingerprint density at radius 2 is 2.05 bits per heavy atom. The van der Waals surface area contributed by atoms with Gasteiger partial charge in [0.05, 0.1) is 5.41 Å². The number of carbonyl (C=O) groups excluding carboxylic acids is 1. The van der Waals surface area contributed by atoms with Crippen LogP contribution >= 0.6 is 0 Å². The Morgan fingerprint density at radius 3 is 2.80 bits per heavy atom. The minimum Gasteiger partial charge on any atom is -0.454 e. The van der Waals surface area contributed by atoms with E-state index in [-0.39, 0.29) is 18.1 Å². The molecule has 4 rings (SSSR count). The van der Waals surface area contributed by atoms with Crippen LogP contribution in [-0.4, -0.2) is 12.7 Å². The zero-order valence-corrected chi connectivity index (χ0v) is 11.0. The minimum atomic E-state index is -0.385. The number of fused-ring (bicyclic) bond motifs is 1. The van der Waals surface area contributed by atoms with Crippen LogP contribution in [0.15, 0.2) is 42.1 Å². The molecule has 1 fully saturated rings. The number of rotatable bonds is 3. The number of allylic oxidation sites excluding steroid dienone is 3. The van der Waals surface area contributed by atoms with Crippen molar-refractivity contribution in [2.45, 2.75) is 24.7 Å². The van der Waals surface area contributed by atoms with Crippen molar-refractivity contribution in [2.75, 3.05) is 6.79 Å². The van der Waals surface area contributed by atoms with E-state index in [0.717, 1.165) is 42.0 Å². The maximum atomic E-state index is 12.5.